The van der Waals surface area contributed by atoms with E-state index >= 15 is 0 Å². The minimum Gasteiger partial charge on any atom is -0.103 e. The Morgan fingerprint density at radius 1 is 0.784 bits per heavy atom. The van der Waals surface area contributed by atoms with E-state index in [0.717, 1.165) is 12.8 Å². The maximum absolute atomic E-state index is 4.10. The van der Waals surface area contributed by atoms with Crippen molar-refractivity contribution in [2.24, 2.45) is 0 Å². The smallest absolute Gasteiger partial charge is 0.0775 e. The molecule has 0 heterocycles. The standard InChI is InChI=1S/C36H40Si/c1-7-9-24-36(30-19-21-31(22-20-30)37(4,5)6)34-13-11-10-12-32(34)33-23-18-29(25-35(33)36)28-16-14-27(15-17-28)26(3)8-2/h7,10-23,25-26H,1,8-9,24H2,2-6H3. The second kappa shape index (κ2) is 9.95. The Kier molecular flexibility index (Phi) is 6.85. The maximum atomic E-state index is 4.10. The van der Waals surface area contributed by atoms with Gasteiger partial charge in [0.2, 0.25) is 0 Å². The SMILES string of the molecule is C=CCCC1(c2ccc([Si](C)(C)C)cc2)c2ccccc2-c2ccc(-c3ccc(C(C)CC)cc3)cc21. The normalized spacial score (nSPS) is 17.2. The van der Waals surface area contributed by atoms with Crippen molar-refractivity contribution in [2.45, 2.75) is 64.1 Å². The first-order valence-electron chi connectivity index (χ1n) is 13.9. The van der Waals surface area contributed by atoms with Gasteiger partial charge in [-0.2, -0.15) is 0 Å². The molecule has 0 spiro atoms. The minimum atomic E-state index is -1.37. The van der Waals surface area contributed by atoms with Gasteiger partial charge in [-0.25, -0.2) is 0 Å². The van der Waals surface area contributed by atoms with Crippen LogP contribution >= 0.6 is 0 Å². The van der Waals surface area contributed by atoms with E-state index in [-0.39, 0.29) is 5.41 Å². The summed E-state index contributed by atoms with van der Waals surface area (Å²) in [6.07, 6.45) is 5.23. The van der Waals surface area contributed by atoms with Gasteiger partial charge >= 0.3 is 0 Å². The van der Waals surface area contributed by atoms with Crippen molar-refractivity contribution in [2.75, 3.05) is 0 Å². The zero-order chi connectivity index (χ0) is 26.2. The predicted molar refractivity (Wildman–Crippen MR) is 165 cm³/mol. The molecule has 188 valence electrons. The topological polar surface area (TPSA) is 0 Å². The van der Waals surface area contributed by atoms with Crippen molar-refractivity contribution in [3.63, 3.8) is 0 Å². The average molecular weight is 501 g/mol. The summed E-state index contributed by atoms with van der Waals surface area (Å²) in [5.41, 5.74) is 10.8. The molecule has 4 aromatic carbocycles. The number of benzene rings is 4. The molecule has 0 aliphatic heterocycles. The van der Waals surface area contributed by atoms with Gasteiger partial charge in [0, 0.05) is 5.41 Å². The van der Waals surface area contributed by atoms with Crippen LogP contribution in [0.25, 0.3) is 22.3 Å². The molecule has 0 radical (unpaired) electrons. The lowest BCUT2D eigenvalue weighted by Gasteiger charge is -2.34. The van der Waals surface area contributed by atoms with Crippen LogP contribution in [0.2, 0.25) is 19.6 Å². The monoisotopic (exact) mass is 500 g/mol. The van der Waals surface area contributed by atoms with E-state index in [2.05, 4.69) is 137 Å². The number of hydrogen-bond acceptors (Lipinski definition) is 0. The van der Waals surface area contributed by atoms with E-state index in [9.17, 15) is 0 Å². The molecule has 5 rings (SSSR count). The van der Waals surface area contributed by atoms with E-state index < -0.39 is 8.07 Å². The zero-order valence-corrected chi connectivity index (χ0v) is 24.1. The Morgan fingerprint density at radius 2 is 1.43 bits per heavy atom. The minimum absolute atomic E-state index is 0.176. The average Bonchev–Trinajstić information content (AvgIpc) is 3.21. The zero-order valence-electron chi connectivity index (χ0n) is 23.1. The van der Waals surface area contributed by atoms with Crippen molar-refractivity contribution < 1.29 is 0 Å². The summed E-state index contributed by atoms with van der Waals surface area (Å²) in [4.78, 5) is 0. The number of allylic oxidation sites excluding steroid dienone is 1. The molecule has 0 saturated carbocycles. The Bertz CT molecular complexity index is 1400. The lowest BCUT2D eigenvalue weighted by molar-refractivity contribution is 0.580. The highest BCUT2D eigenvalue weighted by molar-refractivity contribution is 6.88. The van der Waals surface area contributed by atoms with Crippen LogP contribution in [0.5, 0.6) is 0 Å². The van der Waals surface area contributed by atoms with Gasteiger partial charge in [0.05, 0.1) is 8.07 Å². The lowest BCUT2D eigenvalue weighted by atomic mass is 9.69. The summed E-state index contributed by atoms with van der Waals surface area (Å²) < 4.78 is 0. The van der Waals surface area contributed by atoms with Gasteiger partial charge in [-0.15, -0.1) is 6.58 Å². The van der Waals surface area contributed by atoms with Crippen molar-refractivity contribution in [3.8, 4) is 22.3 Å². The largest absolute Gasteiger partial charge is 0.103 e. The third-order valence-corrected chi connectivity index (χ3v) is 10.6. The highest BCUT2D eigenvalue weighted by Gasteiger charge is 2.44. The third kappa shape index (κ3) is 4.44. The van der Waals surface area contributed by atoms with Crippen LogP contribution in [0.15, 0.2) is 104 Å². The summed E-state index contributed by atoms with van der Waals surface area (Å²) in [5.74, 6) is 0.592. The summed E-state index contributed by atoms with van der Waals surface area (Å²) >= 11 is 0. The molecule has 0 saturated heterocycles. The molecule has 1 aliphatic rings. The maximum Gasteiger partial charge on any atom is 0.0775 e. The molecule has 0 bridgehead atoms. The second-order valence-corrected chi connectivity index (χ2v) is 16.9. The van der Waals surface area contributed by atoms with Crippen molar-refractivity contribution in [3.05, 3.63) is 126 Å². The molecule has 2 unspecified atom stereocenters. The van der Waals surface area contributed by atoms with Gasteiger partial charge in [-0.05, 0) is 75.8 Å². The Labute approximate surface area is 225 Å². The predicted octanol–water partition coefficient (Wildman–Crippen LogP) is 9.69. The molecule has 0 amide bonds. The van der Waals surface area contributed by atoms with Gasteiger partial charge in [-0.3, -0.25) is 0 Å². The first-order chi connectivity index (χ1) is 17.8. The van der Waals surface area contributed by atoms with Crippen molar-refractivity contribution in [1.29, 1.82) is 0 Å². The molecule has 0 fully saturated rings. The van der Waals surface area contributed by atoms with E-state index in [1.54, 1.807) is 0 Å². The second-order valence-electron chi connectivity index (χ2n) is 11.8. The van der Waals surface area contributed by atoms with Crippen LogP contribution in [0.1, 0.15) is 61.3 Å². The fourth-order valence-corrected chi connectivity index (χ4v) is 7.25. The number of rotatable bonds is 8. The van der Waals surface area contributed by atoms with Crippen LogP contribution in [-0.4, -0.2) is 8.07 Å². The first-order valence-corrected chi connectivity index (χ1v) is 17.4. The summed E-state index contributed by atoms with van der Waals surface area (Å²) in [6.45, 7) is 15.9. The van der Waals surface area contributed by atoms with E-state index in [4.69, 9.17) is 0 Å². The van der Waals surface area contributed by atoms with E-state index in [1.165, 1.54) is 56.1 Å². The molecule has 1 heteroatoms. The fourth-order valence-electron chi connectivity index (χ4n) is 6.08. The summed E-state index contributed by atoms with van der Waals surface area (Å²) in [5, 5.41) is 1.51. The molecule has 0 aromatic heterocycles. The molecule has 2 atom stereocenters. The van der Waals surface area contributed by atoms with Gasteiger partial charge in [0.15, 0.2) is 0 Å². The Hall–Kier alpha value is -3.16. The van der Waals surface area contributed by atoms with Gasteiger partial charge in [0.1, 0.15) is 0 Å². The first kappa shape index (κ1) is 25.5. The van der Waals surface area contributed by atoms with Crippen LogP contribution < -0.4 is 5.19 Å². The molecule has 1 aliphatic carbocycles. The highest BCUT2D eigenvalue weighted by Crippen LogP contribution is 2.55. The van der Waals surface area contributed by atoms with Gasteiger partial charge in [0.25, 0.3) is 0 Å². The van der Waals surface area contributed by atoms with E-state index in [1.807, 2.05) is 0 Å². The quantitative estimate of drug-likeness (QED) is 0.167. The highest BCUT2D eigenvalue weighted by atomic mass is 28.3. The third-order valence-electron chi connectivity index (χ3n) is 8.55. The van der Waals surface area contributed by atoms with Crippen molar-refractivity contribution >= 4 is 13.3 Å². The molecule has 0 N–H and O–H groups in total. The summed E-state index contributed by atoms with van der Waals surface area (Å²) in [7, 11) is -1.37. The Morgan fingerprint density at radius 3 is 2.08 bits per heavy atom. The number of hydrogen-bond donors (Lipinski definition) is 0. The van der Waals surface area contributed by atoms with Crippen LogP contribution in [-0.2, 0) is 5.41 Å². The van der Waals surface area contributed by atoms with Crippen molar-refractivity contribution in [1.82, 2.24) is 0 Å². The van der Waals surface area contributed by atoms with Gasteiger partial charge in [-0.1, -0.05) is 130 Å². The molecule has 4 aromatic rings. The number of fused-ring (bicyclic) bond motifs is 3. The molecular formula is C36H40Si. The molecular weight excluding hydrogens is 460 g/mol. The van der Waals surface area contributed by atoms with E-state index in [0.29, 0.717) is 5.92 Å². The summed E-state index contributed by atoms with van der Waals surface area (Å²) in [6, 6.07) is 35.0. The van der Waals surface area contributed by atoms with Crippen LogP contribution in [0.3, 0.4) is 0 Å². The van der Waals surface area contributed by atoms with Gasteiger partial charge < -0.3 is 0 Å². The molecule has 37 heavy (non-hydrogen) atoms. The van der Waals surface area contributed by atoms with Crippen LogP contribution in [0, 0.1) is 0 Å². The Balaban J connectivity index is 1.70. The molecule has 0 nitrogen and oxygen atoms in total. The van der Waals surface area contributed by atoms with Crippen LogP contribution in [0.4, 0.5) is 0 Å². The fraction of sp³-hybridized carbons (Fsp3) is 0.278. The lowest BCUT2D eigenvalue weighted by Crippen LogP contribution is -2.38.